The Balaban J connectivity index is 2.02. The molecule has 2 amide bonds. The fourth-order valence-corrected chi connectivity index (χ4v) is 2.93. The number of alkyl halides is 3. The van der Waals surface area contributed by atoms with Crippen molar-refractivity contribution in [3.05, 3.63) is 29.3 Å². The van der Waals surface area contributed by atoms with Crippen LogP contribution >= 0.6 is 0 Å². The van der Waals surface area contributed by atoms with Crippen LogP contribution in [-0.4, -0.2) is 66.0 Å². The van der Waals surface area contributed by atoms with Crippen molar-refractivity contribution in [1.82, 2.24) is 15.5 Å². The molecule has 1 aliphatic heterocycles. The van der Waals surface area contributed by atoms with Gasteiger partial charge in [-0.1, -0.05) is 6.07 Å². The van der Waals surface area contributed by atoms with E-state index >= 15 is 0 Å². The summed E-state index contributed by atoms with van der Waals surface area (Å²) >= 11 is 0. The van der Waals surface area contributed by atoms with E-state index in [9.17, 15) is 22.8 Å². The van der Waals surface area contributed by atoms with Crippen molar-refractivity contribution < 1.29 is 37.3 Å². The Hall–Kier alpha value is -3.02. The number of carbonyl (C=O) groups excluding carboxylic acids is 2. The van der Waals surface area contributed by atoms with Crippen molar-refractivity contribution in [3.8, 4) is 5.75 Å². The van der Waals surface area contributed by atoms with Crippen molar-refractivity contribution in [1.29, 1.82) is 0 Å². The molecule has 9 nitrogen and oxygen atoms in total. The Morgan fingerprint density at radius 1 is 1.18 bits per heavy atom. The number of hydrogen-bond acceptors (Lipinski definition) is 6. The number of aliphatic hydroxyl groups is 1. The van der Waals surface area contributed by atoms with E-state index < -0.39 is 23.8 Å². The predicted molar refractivity (Wildman–Crippen MR) is 114 cm³/mol. The molecule has 0 saturated heterocycles. The van der Waals surface area contributed by atoms with E-state index in [0.29, 0.717) is 12.2 Å². The monoisotopic (exact) mass is 474 g/mol. The van der Waals surface area contributed by atoms with E-state index in [4.69, 9.17) is 14.6 Å². The van der Waals surface area contributed by atoms with E-state index in [2.05, 4.69) is 10.3 Å². The second-order valence-corrected chi connectivity index (χ2v) is 8.30. The lowest BCUT2D eigenvalue weighted by molar-refractivity contribution is -0.172. The Labute approximate surface area is 189 Å². The number of nitrogens with zero attached hydrogens (tertiary/aromatic N) is 2. The van der Waals surface area contributed by atoms with Gasteiger partial charge in [0, 0.05) is 26.2 Å². The number of alkyl carbamates (subject to hydrolysis) is 1. The third-order valence-electron chi connectivity index (χ3n) is 4.31. The summed E-state index contributed by atoms with van der Waals surface area (Å²) in [7, 11) is 0. The first-order chi connectivity index (χ1) is 15.4. The van der Waals surface area contributed by atoms with Crippen LogP contribution in [0.15, 0.2) is 23.2 Å². The smallest absolute Gasteiger partial charge is 0.471 e. The minimum atomic E-state index is -5.06. The minimum Gasteiger partial charge on any atom is -0.491 e. The lowest BCUT2D eigenvalue weighted by Crippen LogP contribution is -2.47. The van der Waals surface area contributed by atoms with Gasteiger partial charge < -0.3 is 24.8 Å². The summed E-state index contributed by atoms with van der Waals surface area (Å²) in [5.41, 5.74) is 1.02. The lowest BCUT2D eigenvalue weighted by atomic mass is 10.1. The molecule has 0 radical (unpaired) electrons. The molecule has 33 heavy (non-hydrogen) atoms. The molecular formula is C21H29F3N4O5. The maximum absolute atomic E-state index is 12.8. The first-order valence-electron chi connectivity index (χ1n) is 10.4. The van der Waals surface area contributed by atoms with Crippen LogP contribution < -0.4 is 15.4 Å². The molecule has 2 rings (SSSR count). The van der Waals surface area contributed by atoms with Crippen LogP contribution in [0, 0.1) is 0 Å². The van der Waals surface area contributed by atoms with Crippen LogP contribution in [0.25, 0.3) is 0 Å². The number of nitrogens with one attached hydrogen (secondary N) is 2. The van der Waals surface area contributed by atoms with Crippen LogP contribution in [0.3, 0.4) is 0 Å². The first-order valence-corrected chi connectivity index (χ1v) is 10.4. The van der Waals surface area contributed by atoms with Gasteiger partial charge in [-0.25, -0.2) is 4.79 Å². The molecular weight excluding hydrogens is 445 g/mol. The predicted octanol–water partition coefficient (Wildman–Crippen LogP) is 2.32. The highest BCUT2D eigenvalue weighted by atomic mass is 19.4. The molecule has 0 atom stereocenters. The van der Waals surface area contributed by atoms with E-state index in [0.717, 1.165) is 11.1 Å². The first kappa shape index (κ1) is 26.2. The number of fused-ring (bicyclic) bond motifs is 1. The third-order valence-corrected chi connectivity index (χ3v) is 4.31. The van der Waals surface area contributed by atoms with Crippen molar-refractivity contribution in [2.45, 2.75) is 52.1 Å². The number of carbonyl (C=O) groups is 2. The average molecular weight is 474 g/mol. The minimum absolute atomic E-state index is 0.0704. The highest BCUT2D eigenvalue weighted by Gasteiger charge is 2.40. The number of aliphatic hydroxyl groups excluding tert-OH is 1. The molecule has 1 heterocycles. The van der Waals surface area contributed by atoms with E-state index in [1.165, 1.54) is 4.90 Å². The topological polar surface area (TPSA) is 112 Å². The molecule has 12 heteroatoms. The van der Waals surface area contributed by atoms with E-state index in [1.54, 1.807) is 39.0 Å². The Kier molecular flexibility index (Phi) is 8.91. The lowest BCUT2D eigenvalue weighted by Gasteiger charge is -2.21. The summed E-state index contributed by atoms with van der Waals surface area (Å²) in [6.45, 7) is 5.89. The summed E-state index contributed by atoms with van der Waals surface area (Å²) in [5.74, 6) is -1.80. The fourth-order valence-electron chi connectivity index (χ4n) is 2.93. The van der Waals surface area contributed by atoms with Gasteiger partial charge in [0.2, 0.25) is 5.96 Å². The zero-order valence-electron chi connectivity index (χ0n) is 18.8. The summed E-state index contributed by atoms with van der Waals surface area (Å²) in [6.07, 6.45) is -5.34. The van der Waals surface area contributed by atoms with Crippen LogP contribution in [0.2, 0.25) is 0 Å². The molecule has 0 spiro atoms. The quantitative estimate of drug-likeness (QED) is 0.318. The van der Waals surface area contributed by atoms with Gasteiger partial charge in [-0.05, 0) is 50.5 Å². The van der Waals surface area contributed by atoms with Gasteiger partial charge in [0.15, 0.2) is 0 Å². The van der Waals surface area contributed by atoms with Crippen molar-refractivity contribution in [2.24, 2.45) is 4.99 Å². The molecule has 0 aromatic heterocycles. The normalized spacial score (nSPS) is 14.0. The van der Waals surface area contributed by atoms with Gasteiger partial charge in [-0.3, -0.25) is 15.1 Å². The maximum Gasteiger partial charge on any atom is 0.471 e. The van der Waals surface area contributed by atoms with E-state index in [-0.39, 0.29) is 45.4 Å². The number of rotatable bonds is 7. The van der Waals surface area contributed by atoms with Crippen LogP contribution in [-0.2, 0) is 22.6 Å². The van der Waals surface area contributed by atoms with Gasteiger partial charge in [0.05, 0.1) is 6.61 Å². The highest BCUT2D eigenvalue weighted by molar-refractivity contribution is 5.99. The van der Waals surface area contributed by atoms with Crippen LogP contribution in [0.4, 0.5) is 18.0 Å². The molecule has 1 aromatic rings. The third kappa shape index (κ3) is 8.79. The number of aliphatic imine (C=N–C) groups is 1. The second-order valence-electron chi connectivity index (χ2n) is 8.30. The van der Waals surface area contributed by atoms with Gasteiger partial charge in [0.25, 0.3) is 0 Å². The highest BCUT2D eigenvalue weighted by Crippen LogP contribution is 2.27. The molecule has 0 unspecified atom stereocenters. The standard InChI is InChI=1S/C21H29F3N4O5/c1-20(2,3)33-19(31)26-8-4-7-25-18(27-17(30)21(22,23)24)28-12-14-5-6-16(32-10-9-29)11-15(14)13-28/h5-6,11,29H,4,7-10,12-13H2,1-3H3,(H,26,31)(H,25,27,30). The second kappa shape index (κ2) is 11.2. The number of hydrogen-bond donors (Lipinski definition) is 3. The van der Waals surface area contributed by atoms with Crippen molar-refractivity contribution in [2.75, 3.05) is 26.3 Å². The fraction of sp³-hybridized carbons (Fsp3) is 0.571. The maximum atomic E-state index is 12.8. The zero-order chi connectivity index (χ0) is 24.6. The zero-order valence-corrected chi connectivity index (χ0v) is 18.8. The largest absolute Gasteiger partial charge is 0.491 e. The van der Waals surface area contributed by atoms with Crippen LogP contribution in [0.1, 0.15) is 38.3 Å². The van der Waals surface area contributed by atoms with Gasteiger partial charge in [-0.2, -0.15) is 13.2 Å². The Morgan fingerprint density at radius 3 is 2.52 bits per heavy atom. The molecule has 1 aromatic carbocycles. The molecule has 3 N–H and O–H groups in total. The average Bonchev–Trinajstić information content (AvgIpc) is 3.12. The van der Waals surface area contributed by atoms with Crippen molar-refractivity contribution in [3.63, 3.8) is 0 Å². The molecule has 184 valence electrons. The van der Waals surface area contributed by atoms with Gasteiger partial charge in [-0.15, -0.1) is 0 Å². The Bertz CT molecular complexity index is 868. The van der Waals surface area contributed by atoms with Gasteiger partial charge in [0.1, 0.15) is 18.0 Å². The summed E-state index contributed by atoms with van der Waals surface area (Å²) in [4.78, 5) is 28.8. The number of ether oxygens (including phenoxy) is 2. The number of guanidine groups is 1. The number of amides is 2. The summed E-state index contributed by atoms with van der Waals surface area (Å²) in [5, 5.41) is 13.3. The van der Waals surface area contributed by atoms with Gasteiger partial charge >= 0.3 is 18.2 Å². The molecule has 0 bridgehead atoms. The van der Waals surface area contributed by atoms with Crippen LogP contribution in [0.5, 0.6) is 5.75 Å². The SMILES string of the molecule is CC(C)(C)OC(=O)NCCCN=C(NC(=O)C(F)(F)F)N1Cc2ccc(OCCO)cc2C1. The molecule has 1 aliphatic rings. The number of benzene rings is 1. The molecule has 0 aliphatic carbocycles. The molecule has 0 saturated carbocycles. The van der Waals surface area contributed by atoms with E-state index in [1.807, 2.05) is 5.32 Å². The summed E-state index contributed by atoms with van der Waals surface area (Å²) in [6, 6.07) is 5.21. The number of halogens is 3. The molecule has 0 fully saturated rings. The van der Waals surface area contributed by atoms with Crippen molar-refractivity contribution >= 4 is 18.0 Å². The Morgan fingerprint density at radius 2 is 1.88 bits per heavy atom. The summed E-state index contributed by atoms with van der Waals surface area (Å²) < 4.78 is 48.9.